The summed E-state index contributed by atoms with van der Waals surface area (Å²) in [5.74, 6) is 0.148. The van der Waals surface area contributed by atoms with Gasteiger partial charge in [0.15, 0.2) is 0 Å². The Kier molecular flexibility index (Phi) is 7.19. The number of benzene rings is 3. The van der Waals surface area contributed by atoms with Crippen molar-refractivity contribution in [3.05, 3.63) is 103 Å². The van der Waals surface area contributed by atoms with E-state index in [4.69, 9.17) is 16.3 Å². The Hall–Kier alpha value is -3.05. The fraction of sp³-hybridized carbons (Fsp3) is 0.0800. The molecule has 3 aromatic carbocycles. The molecule has 0 bridgehead atoms. The molecular formula is C25H16BrClN2O3S. The lowest BCUT2D eigenvalue weighted by molar-refractivity contribution is -0.123. The van der Waals surface area contributed by atoms with Crippen LogP contribution in [0.2, 0.25) is 5.02 Å². The van der Waals surface area contributed by atoms with Gasteiger partial charge in [-0.1, -0.05) is 63.9 Å². The molecule has 33 heavy (non-hydrogen) atoms. The molecule has 8 heteroatoms. The standard InChI is InChI=1S/C25H16BrClN2O3S/c26-20-9-10-22(32-15-18-7-3-4-8-21(18)27)19(11-20)12-23-24(30)29(25(31)33-23)14-17-6-2-1-5-16(17)13-28/h1-12H,14-15H2/b23-12+. The highest BCUT2D eigenvalue weighted by Gasteiger charge is 2.35. The van der Waals surface area contributed by atoms with Crippen LogP contribution in [0.5, 0.6) is 5.75 Å². The van der Waals surface area contributed by atoms with Gasteiger partial charge in [0, 0.05) is 20.6 Å². The van der Waals surface area contributed by atoms with Crippen LogP contribution < -0.4 is 4.74 Å². The smallest absolute Gasteiger partial charge is 0.293 e. The molecule has 1 saturated heterocycles. The molecule has 1 aliphatic rings. The van der Waals surface area contributed by atoms with Gasteiger partial charge in [-0.15, -0.1) is 0 Å². The Balaban J connectivity index is 1.58. The zero-order valence-electron chi connectivity index (χ0n) is 17.1. The lowest BCUT2D eigenvalue weighted by Gasteiger charge is -2.13. The summed E-state index contributed by atoms with van der Waals surface area (Å²) < 4.78 is 6.79. The van der Waals surface area contributed by atoms with Gasteiger partial charge in [-0.25, -0.2) is 0 Å². The Morgan fingerprint density at radius 1 is 1.06 bits per heavy atom. The summed E-state index contributed by atoms with van der Waals surface area (Å²) in [6, 6.07) is 21.9. The molecule has 1 heterocycles. The van der Waals surface area contributed by atoms with Gasteiger partial charge in [0.1, 0.15) is 12.4 Å². The molecule has 0 atom stereocenters. The highest BCUT2D eigenvalue weighted by molar-refractivity contribution is 9.10. The molecule has 0 spiro atoms. The zero-order chi connectivity index (χ0) is 23.4. The monoisotopic (exact) mass is 538 g/mol. The molecule has 4 rings (SSSR count). The number of carbonyl (C=O) groups excluding carboxylic acids is 2. The van der Waals surface area contributed by atoms with E-state index < -0.39 is 5.91 Å². The molecular weight excluding hydrogens is 524 g/mol. The van der Waals surface area contributed by atoms with Crippen molar-refractivity contribution in [2.24, 2.45) is 0 Å². The Morgan fingerprint density at radius 3 is 2.55 bits per heavy atom. The number of hydrogen-bond acceptors (Lipinski definition) is 5. The number of imide groups is 1. The van der Waals surface area contributed by atoms with Gasteiger partial charge in [0.2, 0.25) is 0 Å². The van der Waals surface area contributed by atoms with Crippen molar-refractivity contribution in [2.45, 2.75) is 13.2 Å². The maximum atomic E-state index is 13.0. The van der Waals surface area contributed by atoms with E-state index in [-0.39, 0.29) is 23.3 Å². The van der Waals surface area contributed by atoms with E-state index in [1.54, 1.807) is 42.5 Å². The first-order valence-electron chi connectivity index (χ1n) is 9.85. The first-order valence-corrected chi connectivity index (χ1v) is 11.8. The largest absolute Gasteiger partial charge is 0.488 e. The van der Waals surface area contributed by atoms with Gasteiger partial charge in [-0.2, -0.15) is 5.26 Å². The van der Waals surface area contributed by atoms with E-state index in [0.29, 0.717) is 27.5 Å². The van der Waals surface area contributed by atoms with Crippen molar-refractivity contribution in [1.82, 2.24) is 4.90 Å². The van der Waals surface area contributed by atoms with Gasteiger partial charge in [0.05, 0.1) is 23.1 Å². The third kappa shape index (κ3) is 5.31. The summed E-state index contributed by atoms with van der Waals surface area (Å²) >= 11 is 10.5. The first-order chi connectivity index (χ1) is 16.0. The van der Waals surface area contributed by atoms with Crippen LogP contribution in [0.1, 0.15) is 22.3 Å². The zero-order valence-corrected chi connectivity index (χ0v) is 20.3. The van der Waals surface area contributed by atoms with Crippen LogP contribution in [-0.2, 0) is 17.9 Å². The van der Waals surface area contributed by atoms with Crippen LogP contribution in [0.25, 0.3) is 6.08 Å². The predicted molar refractivity (Wildman–Crippen MR) is 133 cm³/mol. The highest BCUT2D eigenvalue weighted by Crippen LogP contribution is 2.36. The maximum absolute atomic E-state index is 13.0. The third-order valence-corrected chi connectivity index (χ3v) is 6.71. The molecule has 0 aromatic heterocycles. The highest BCUT2D eigenvalue weighted by atomic mass is 79.9. The van der Waals surface area contributed by atoms with Crippen LogP contribution in [0.15, 0.2) is 76.1 Å². The number of rotatable bonds is 6. The average molecular weight is 540 g/mol. The fourth-order valence-corrected chi connectivity index (χ4v) is 4.65. The summed E-state index contributed by atoms with van der Waals surface area (Å²) in [6.45, 7) is 0.300. The molecule has 3 aromatic rings. The van der Waals surface area contributed by atoms with Crippen molar-refractivity contribution in [2.75, 3.05) is 0 Å². The quantitative estimate of drug-likeness (QED) is 0.323. The van der Waals surface area contributed by atoms with E-state index in [0.717, 1.165) is 26.7 Å². The Bertz CT molecular complexity index is 1320. The van der Waals surface area contributed by atoms with Crippen LogP contribution >= 0.6 is 39.3 Å². The third-order valence-electron chi connectivity index (χ3n) is 4.94. The lowest BCUT2D eigenvalue weighted by Crippen LogP contribution is -2.27. The maximum Gasteiger partial charge on any atom is 0.293 e. The van der Waals surface area contributed by atoms with Gasteiger partial charge in [-0.05, 0) is 53.7 Å². The number of nitrogens with zero attached hydrogens (tertiary/aromatic N) is 2. The number of nitriles is 1. The molecule has 0 radical (unpaired) electrons. The van der Waals surface area contributed by atoms with E-state index in [1.807, 2.05) is 30.3 Å². The van der Waals surface area contributed by atoms with Crippen LogP contribution in [-0.4, -0.2) is 16.0 Å². The van der Waals surface area contributed by atoms with Gasteiger partial charge in [-0.3, -0.25) is 14.5 Å². The van der Waals surface area contributed by atoms with Crippen molar-refractivity contribution in [3.8, 4) is 11.8 Å². The second-order valence-corrected chi connectivity index (χ2v) is 9.42. The normalized spacial score (nSPS) is 14.6. The second kappa shape index (κ2) is 10.3. The number of ether oxygens (including phenoxy) is 1. The molecule has 1 fully saturated rings. The van der Waals surface area contributed by atoms with E-state index in [2.05, 4.69) is 22.0 Å². The number of hydrogen-bond donors (Lipinski definition) is 0. The van der Waals surface area contributed by atoms with E-state index in [1.165, 1.54) is 0 Å². The minimum absolute atomic E-state index is 0.0418. The van der Waals surface area contributed by atoms with Crippen LogP contribution in [0.4, 0.5) is 4.79 Å². The van der Waals surface area contributed by atoms with Gasteiger partial charge in [0.25, 0.3) is 11.1 Å². The molecule has 5 nitrogen and oxygen atoms in total. The Morgan fingerprint density at radius 2 is 1.79 bits per heavy atom. The van der Waals surface area contributed by atoms with Crippen LogP contribution in [0, 0.1) is 11.3 Å². The number of halogens is 2. The van der Waals surface area contributed by atoms with Crippen molar-refractivity contribution in [3.63, 3.8) is 0 Å². The molecule has 1 aliphatic heterocycles. The van der Waals surface area contributed by atoms with Crippen molar-refractivity contribution in [1.29, 1.82) is 5.26 Å². The summed E-state index contributed by atoms with van der Waals surface area (Å²) in [6.07, 6.45) is 1.65. The Labute approximate surface area is 208 Å². The average Bonchev–Trinajstić information content (AvgIpc) is 3.07. The second-order valence-electron chi connectivity index (χ2n) is 7.10. The van der Waals surface area contributed by atoms with E-state index in [9.17, 15) is 14.9 Å². The molecule has 0 aliphatic carbocycles. The number of carbonyl (C=O) groups is 2. The van der Waals surface area contributed by atoms with E-state index >= 15 is 0 Å². The fourth-order valence-electron chi connectivity index (χ4n) is 3.25. The SMILES string of the molecule is N#Cc1ccccc1CN1C(=O)S/C(=C/c2cc(Br)ccc2OCc2ccccc2Cl)C1=O. The number of amides is 2. The lowest BCUT2D eigenvalue weighted by atomic mass is 10.1. The molecule has 2 amide bonds. The molecule has 164 valence electrons. The minimum atomic E-state index is -0.408. The predicted octanol–water partition coefficient (Wildman–Crippen LogP) is 6.79. The topological polar surface area (TPSA) is 70.4 Å². The minimum Gasteiger partial charge on any atom is -0.488 e. The van der Waals surface area contributed by atoms with Crippen LogP contribution in [0.3, 0.4) is 0 Å². The van der Waals surface area contributed by atoms with Gasteiger partial charge >= 0.3 is 0 Å². The summed E-state index contributed by atoms with van der Waals surface area (Å²) in [5.41, 5.74) is 2.54. The van der Waals surface area contributed by atoms with Gasteiger partial charge < -0.3 is 4.74 Å². The summed E-state index contributed by atoms with van der Waals surface area (Å²) in [7, 11) is 0. The summed E-state index contributed by atoms with van der Waals surface area (Å²) in [5, 5.41) is 9.52. The first kappa shape index (κ1) is 23.1. The molecule has 0 unspecified atom stereocenters. The molecule has 0 N–H and O–H groups in total. The number of thioether (sulfide) groups is 1. The molecule has 0 saturated carbocycles. The van der Waals surface area contributed by atoms with Crippen molar-refractivity contribution < 1.29 is 14.3 Å². The van der Waals surface area contributed by atoms with Crippen molar-refractivity contribution >= 4 is 56.5 Å². The summed E-state index contributed by atoms with van der Waals surface area (Å²) in [4.78, 5) is 27.0.